The van der Waals surface area contributed by atoms with E-state index in [1.807, 2.05) is 0 Å². The summed E-state index contributed by atoms with van der Waals surface area (Å²) in [6.45, 7) is 0. The molecule has 5 nitrogen and oxygen atoms in total. The van der Waals surface area contributed by atoms with Gasteiger partial charge < -0.3 is 0 Å². The average molecular weight is 343 g/mol. The highest BCUT2D eigenvalue weighted by Gasteiger charge is 2.05. The van der Waals surface area contributed by atoms with Crippen LogP contribution in [0.5, 0.6) is 0 Å². The van der Waals surface area contributed by atoms with E-state index in [0.717, 1.165) is 0 Å². The largest absolute Gasteiger partial charge is 0.298 e. The van der Waals surface area contributed by atoms with Gasteiger partial charge in [-0.25, -0.2) is 4.39 Å². The summed E-state index contributed by atoms with van der Waals surface area (Å²) in [5.74, 6) is -1.21. The molecule has 0 aliphatic heterocycles. The van der Waals surface area contributed by atoms with E-state index in [-0.39, 0.29) is 16.8 Å². The van der Waals surface area contributed by atoms with E-state index in [1.165, 1.54) is 36.4 Å². The molecule has 2 aromatic carbocycles. The number of halogens is 1. The minimum Gasteiger partial charge on any atom is -0.298 e. The molecule has 0 fully saturated rings. The van der Waals surface area contributed by atoms with Crippen molar-refractivity contribution in [2.45, 2.75) is 0 Å². The number of carbonyl (C=O) groups excluding carboxylic acids is 2. The van der Waals surface area contributed by atoms with E-state index in [1.54, 1.807) is 30.3 Å². The van der Waals surface area contributed by atoms with E-state index in [2.05, 4.69) is 16.2 Å². The average Bonchev–Trinajstić information content (AvgIpc) is 2.60. The Bertz CT molecular complexity index is 761. The molecule has 0 atom stereocenters. The fourth-order valence-electron chi connectivity index (χ4n) is 1.71. The van der Waals surface area contributed by atoms with E-state index in [4.69, 9.17) is 12.2 Å². The van der Waals surface area contributed by atoms with Gasteiger partial charge in [0.2, 0.25) is 5.91 Å². The number of amides is 2. The summed E-state index contributed by atoms with van der Waals surface area (Å²) in [7, 11) is 0. The lowest BCUT2D eigenvalue weighted by molar-refractivity contribution is -0.115. The Morgan fingerprint density at radius 3 is 2.29 bits per heavy atom. The van der Waals surface area contributed by atoms with Crippen LogP contribution in [0.25, 0.3) is 6.08 Å². The number of thiocarbonyl (C=S) groups is 1. The first-order valence-corrected chi connectivity index (χ1v) is 7.35. The molecule has 0 aliphatic rings. The predicted molar refractivity (Wildman–Crippen MR) is 93.2 cm³/mol. The Kier molecular flexibility index (Phi) is 6.16. The zero-order valence-electron chi connectivity index (χ0n) is 12.5. The molecule has 0 bridgehead atoms. The van der Waals surface area contributed by atoms with Crippen LogP contribution in [0.15, 0.2) is 60.7 Å². The summed E-state index contributed by atoms with van der Waals surface area (Å²) in [5, 5.41) is 2.33. The molecule has 24 heavy (non-hydrogen) atoms. The lowest BCUT2D eigenvalue weighted by atomic mass is 10.2. The fraction of sp³-hybridized carbons (Fsp3) is 0. The SMILES string of the molecule is O=C(/C=C/c1ccc(F)cc1)NC(=S)NNC(=O)c1ccccc1. The first-order chi connectivity index (χ1) is 11.5. The van der Waals surface area contributed by atoms with Gasteiger partial charge in [-0.1, -0.05) is 30.3 Å². The molecular weight excluding hydrogens is 329 g/mol. The quantitative estimate of drug-likeness (QED) is 0.454. The third-order valence-corrected chi connectivity index (χ3v) is 3.06. The number of benzene rings is 2. The van der Waals surface area contributed by atoms with Crippen LogP contribution in [-0.4, -0.2) is 16.9 Å². The number of hydrogen-bond acceptors (Lipinski definition) is 3. The van der Waals surface area contributed by atoms with Crippen molar-refractivity contribution in [2.24, 2.45) is 0 Å². The van der Waals surface area contributed by atoms with Crippen molar-refractivity contribution >= 4 is 35.2 Å². The maximum atomic E-state index is 12.8. The van der Waals surface area contributed by atoms with Gasteiger partial charge in [0.05, 0.1) is 0 Å². The van der Waals surface area contributed by atoms with Gasteiger partial charge in [-0.15, -0.1) is 0 Å². The van der Waals surface area contributed by atoms with Crippen molar-refractivity contribution in [3.05, 3.63) is 77.6 Å². The maximum absolute atomic E-state index is 12.8. The van der Waals surface area contributed by atoms with Crippen LogP contribution in [0, 0.1) is 5.82 Å². The predicted octanol–water partition coefficient (Wildman–Crippen LogP) is 2.17. The van der Waals surface area contributed by atoms with Crippen LogP contribution >= 0.6 is 12.2 Å². The minimum absolute atomic E-state index is 0.0481. The van der Waals surface area contributed by atoms with Gasteiger partial charge in [-0.3, -0.25) is 25.8 Å². The van der Waals surface area contributed by atoms with Crippen molar-refractivity contribution in [2.75, 3.05) is 0 Å². The Morgan fingerprint density at radius 1 is 0.958 bits per heavy atom. The van der Waals surface area contributed by atoms with Gasteiger partial charge in [-0.2, -0.15) is 0 Å². The molecule has 0 aliphatic carbocycles. The first kappa shape index (κ1) is 17.3. The summed E-state index contributed by atoms with van der Waals surface area (Å²) < 4.78 is 12.8. The zero-order chi connectivity index (χ0) is 17.4. The number of nitrogens with one attached hydrogen (secondary N) is 3. The summed E-state index contributed by atoms with van der Waals surface area (Å²) in [6, 6.07) is 14.2. The summed E-state index contributed by atoms with van der Waals surface area (Å²) >= 11 is 4.91. The van der Waals surface area contributed by atoms with Crippen molar-refractivity contribution < 1.29 is 14.0 Å². The summed E-state index contributed by atoms with van der Waals surface area (Å²) in [5.41, 5.74) is 5.93. The lowest BCUT2D eigenvalue weighted by Gasteiger charge is -2.09. The fourth-order valence-corrected chi connectivity index (χ4v) is 1.86. The van der Waals surface area contributed by atoms with E-state index in [9.17, 15) is 14.0 Å². The van der Waals surface area contributed by atoms with Gasteiger partial charge >= 0.3 is 0 Å². The van der Waals surface area contributed by atoms with Crippen LogP contribution in [-0.2, 0) is 4.79 Å². The summed E-state index contributed by atoms with van der Waals surface area (Å²) in [4.78, 5) is 23.5. The Labute approximate surface area is 143 Å². The molecule has 0 saturated carbocycles. The van der Waals surface area contributed by atoms with Crippen molar-refractivity contribution in [3.8, 4) is 0 Å². The molecule has 0 spiro atoms. The molecule has 3 N–H and O–H groups in total. The smallest absolute Gasteiger partial charge is 0.269 e. The van der Waals surface area contributed by atoms with Crippen LogP contribution in [0.2, 0.25) is 0 Å². The second-order valence-corrected chi connectivity index (χ2v) is 5.06. The molecule has 0 aromatic heterocycles. The van der Waals surface area contributed by atoms with Crippen molar-refractivity contribution in [1.82, 2.24) is 16.2 Å². The third kappa shape index (κ3) is 5.62. The lowest BCUT2D eigenvalue weighted by Crippen LogP contribution is -2.48. The highest BCUT2D eigenvalue weighted by molar-refractivity contribution is 7.80. The number of carbonyl (C=O) groups is 2. The van der Waals surface area contributed by atoms with E-state index < -0.39 is 5.91 Å². The Morgan fingerprint density at radius 2 is 1.62 bits per heavy atom. The van der Waals surface area contributed by atoms with Crippen LogP contribution in [0.4, 0.5) is 4.39 Å². The second kappa shape index (κ2) is 8.54. The molecule has 122 valence electrons. The van der Waals surface area contributed by atoms with E-state index >= 15 is 0 Å². The van der Waals surface area contributed by atoms with Gasteiger partial charge in [0.15, 0.2) is 5.11 Å². The molecule has 2 amide bonds. The Balaban J connectivity index is 1.78. The van der Waals surface area contributed by atoms with Crippen LogP contribution < -0.4 is 16.2 Å². The molecule has 0 heterocycles. The Hall–Kier alpha value is -3.06. The van der Waals surface area contributed by atoms with Crippen LogP contribution in [0.1, 0.15) is 15.9 Å². The molecular formula is C17H14FN3O2S. The maximum Gasteiger partial charge on any atom is 0.269 e. The molecule has 0 saturated heterocycles. The first-order valence-electron chi connectivity index (χ1n) is 6.94. The minimum atomic E-state index is -0.481. The topological polar surface area (TPSA) is 70.2 Å². The van der Waals surface area contributed by atoms with Crippen molar-refractivity contribution in [3.63, 3.8) is 0 Å². The van der Waals surface area contributed by atoms with Gasteiger partial charge in [0.1, 0.15) is 5.82 Å². The van der Waals surface area contributed by atoms with Gasteiger partial charge in [0.25, 0.3) is 5.91 Å². The van der Waals surface area contributed by atoms with Crippen LogP contribution in [0.3, 0.4) is 0 Å². The number of hydrogen-bond donors (Lipinski definition) is 3. The normalized spacial score (nSPS) is 10.2. The highest BCUT2D eigenvalue weighted by Crippen LogP contribution is 2.04. The van der Waals surface area contributed by atoms with Crippen molar-refractivity contribution in [1.29, 1.82) is 0 Å². The molecule has 0 unspecified atom stereocenters. The molecule has 0 radical (unpaired) electrons. The standard InChI is InChI=1S/C17H14FN3O2S/c18-14-9-6-12(7-10-14)8-11-15(22)19-17(24)21-20-16(23)13-4-2-1-3-5-13/h1-11H,(H,20,23)(H2,19,21,22,24)/b11-8+. The molecule has 2 rings (SSSR count). The van der Waals surface area contributed by atoms with Gasteiger partial charge in [-0.05, 0) is 48.1 Å². The highest BCUT2D eigenvalue weighted by atomic mass is 32.1. The van der Waals surface area contributed by atoms with E-state index in [0.29, 0.717) is 11.1 Å². The number of hydrazine groups is 1. The summed E-state index contributed by atoms with van der Waals surface area (Å²) in [6.07, 6.45) is 2.76. The zero-order valence-corrected chi connectivity index (χ0v) is 13.3. The molecule has 7 heteroatoms. The van der Waals surface area contributed by atoms with Gasteiger partial charge in [0, 0.05) is 11.6 Å². The number of rotatable bonds is 3. The molecule has 2 aromatic rings. The second-order valence-electron chi connectivity index (χ2n) is 4.65. The third-order valence-electron chi connectivity index (χ3n) is 2.86. The monoisotopic (exact) mass is 343 g/mol.